The first-order valence-corrected chi connectivity index (χ1v) is 37.1. The molecule has 0 saturated carbocycles. The summed E-state index contributed by atoms with van der Waals surface area (Å²) in [4.78, 5) is 0. The highest BCUT2D eigenvalue weighted by Gasteiger charge is 2.27. The van der Waals surface area contributed by atoms with Crippen molar-refractivity contribution in [2.24, 2.45) is 0 Å². The van der Waals surface area contributed by atoms with Gasteiger partial charge < -0.3 is 59.4 Å². The minimum atomic E-state index is -1.84. The van der Waals surface area contributed by atoms with Crippen LogP contribution in [0.3, 0.4) is 0 Å². The van der Waals surface area contributed by atoms with Gasteiger partial charge in [-0.3, -0.25) is 9.05 Å². The molecule has 8 unspecified atom stereocenters. The van der Waals surface area contributed by atoms with Crippen LogP contribution in [0.4, 0.5) is 0 Å². The number of rotatable bonds is 48. The molecule has 0 fully saturated rings. The third-order valence-electron chi connectivity index (χ3n) is 16.0. The van der Waals surface area contributed by atoms with Gasteiger partial charge in [0.05, 0.1) is 79.3 Å². The third kappa shape index (κ3) is 26.0. The van der Waals surface area contributed by atoms with Crippen molar-refractivity contribution in [3.8, 4) is 34.5 Å². The minimum absolute atomic E-state index is 0.206. The summed E-state index contributed by atoms with van der Waals surface area (Å²) in [5, 5.41) is 0. The predicted molar refractivity (Wildman–Crippen MR) is 371 cm³/mol. The van der Waals surface area contributed by atoms with E-state index in [0.29, 0.717) is 35.2 Å². The molecule has 15 nitrogen and oxygen atoms in total. The third-order valence-corrected chi connectivity index (χ3v) is 20.4. The second-order valence-electron chi connectivity index (χ2n) is 22.4. The first-order valence-electron chi connectivity index (χ1n) is 32.7. The van der Waals surface area contributed by atoms with E-state index in [0.717, 1.165) is 94.9 Å². The van der Waals surface area contributed by atoms with Gasteiger partial charge in [-0.15, -0.1) is 0 Å². The summed E-state index contributed by atoms with van der Waals surface area (Å²) >= 11 is 0. The first kappa shape index (κ1) is 75.5. The smallest absolute Gasteiger partial charge is 0.426 e. The van der Waals surface area contributed by atoms with Gasteiger partial charge in [0.1, 0.15) is 34.5 Å². The zero-order chi connectivity index (χ0) is 65.0. The maximum atomic E-state index is 6.55. The molecule has 500 valence electrons. The molecule has 6 aromatic carbocycles. The van der Waals surface area contributed by atoms with Crippen molar-refractivity contribution in [2.75, 3.05) is 79.3 Å². The lowest BCUT2D eigenvalue weighted by Crippen LogP contribution is -2.13. The number of ether oxygens (including phenoxy) is 3. The second kappa shape index (κ2) is 43.5. The van der Waals surface area contributed by atoms with Crippen LogP contribution in [-0.2, 0) is 41.4 Å². The van der Waals surface area contributed by atoms with Gasteiger partial charge in [-0.2, -0.15) is 0 Å². The maximum absolute atomic E-state index is 6.55. The molecule has 0 spiro atoms. The van der Waals surface area contributed by atoms with Crippen molar-refractivity contribution >= 4 is 34.4 Å². The Bertz CT molecular complexity index is 2620. The Morgan fingerprint density at radius 1 is 0.220 bits per heavy atom. The quantitative estimate of drug-likeness (QED) is 0.0264. The number of benzene rings is 6. The zero-order valence-corrected chi connectivity index (χ0v) is 59.5. The van der Waals surface area contributed by atoms with Crippen LogP contribution in [-0.4, -0.2) is 79.3 Å². The standard InChI is InChI=1S/C72H102O15P4/c1-13-55(7)61-31-19-25-37-67(61)82-88(78-51-45-74-47-53-80-90(84-69-39-27-21-33-63(69)57(9)15-3)85-70-40-28-22-34-64(70)58(10)16-4)76-49-43-73-44-50-77-89(83-68-38-26-20-32-62(68)56(8)14-2)79-52-46-75-48-54-81-91(86-71-41-29-23-35-65(71)59(11)17-5)87-72-42-30-24-36-66(72)60(12)18-6/h19-42,55-60H,13-18,43-54H2,1-12H3. The van der Waals surface area contributed by atoms with E-state index in [1.807, 2.05) is 109 Å². The summed E-state index contributed by atoms with van der Waals surface area (Å²) < 4.78 is 95.0. The Hall–Kier alpha value is -4.52. The Morgan fingerprint density at radius 2 is 0.374 bits per heavy atom. The van der Waals surface area contributed by atoms with E-state index in [9.17, 15) is 0 Å². The molecule has 91 heavy (non-hydrogen) atoms. The molecular weight excluding hydrogens is 1230 g/mol. The van der Waals surface area contributed by atoms with Gasteiger partial charge in [-0.1, -0.05) is 192 Å². The van der Waals surface area contributed by atoms with E-state index in [4.69, 9.17) is 68.5 Å². The molecule has 0 heterocycles. The summed E-state index contributed by atoms with van der Waals surface area (Å²) in [5.74, 6) is 6.19. The molecule has 8 atom stereocenters. The van der Waals surface area contributed by atoms with Crippen molar-refractivity contribution < 1.29 is 68.5 Å². The van der Waals surface area contributed by atoms with Crippen LogP contribution in [0.25, 0.3) is 0 Å². The predicted octanol–water partition coefficient (Wildman–Crippen LogP) is 21.6. The number of hydrogen-bond donors (Lipinski definition) is 0. The Labute approximate surface area is 550 Å². The van der Waals surface area contributed by atoms with Crippen LogP contribution < -0.4 is 27.1 Å². The number of para-hydroxylation sites is 6. The lowest BCUT2D eigenvalue weighted by atomic mass is 9.98. The van der Waals surface area contributed by atoms with Crippen molar-refractivity contribution in [3.05, 3.63) is 179 Å². The molecule has 0 saturated heterocycles. The van der Waals surface area contributed by atoms with Crippen LogP contribution in [0.1, 0.15) is 190 Å². The molecule has 0 aliphatic carbocycles. The minimum Gasteiger partial charge on any atom is -0.426 e. The summed E-state index contributed by atoms with van der Waals surface area (Å²) in [6.45, 7) is 29.1. The van der Waals surface area contributed by atoms with Crippen molar-refractivity contribution in [3.63, 3.8) is 0 Å². The van der Waals surface area contributed by atoms with Gasteiger partial charge in [-0.05, 0) is 144 Å². The van der Waals surface area contributed by atoms with Gasteiger partial charge in [-0.25, -0.2) is 0 Å². The normalized spacial score (nSPS) is 14.9. The van der Waals surface area contributed by atoms with Gasteiger partial charge in [0.2, 0.25) is 0 Å². The van der Waals surface area contributed by atoms with Crippen LogP contribution in [0.2, 0.25) is 0 Å². The summed E-state index contributed by atoms with van der Waals surface area (Å²) in [6, 6.07) is 48.4. The monoisotopic (exact) mass is 1330 g/mol. The van der Waals surface area contributed by atoms with Crippen molar-refractivity contribution in [1.82, 2.24) is 0 Å². The topological polar surface area (TPSA) is 138 Å². The fourth-order valence-electron chi connectivity index (χ4n) is 9.28. The lowest BCUT2D eigenvalue weighted by molar-refractivity contribution is 0.0503. The highest BCUT2D eigenvalue weighted by Crippen LogP contribution is 2.49. The van der Waals surface area contributed by atoms with Gasteiger partial charge in [0.15, 0.2) is 0 Å². The van der Waals surface area contributed by atoms with Gasteiger partial charge in [0, 0.05) is 0 Å². The summed E-state index contributed by atoms with van der Waals surface area (Å²) in [6.07, 6.45) is 5.79. The Kier molecular flexibility index (Phi) is 36.1. The van der Waals surface area contributed by atoms with Gasteiger partial charge in [0.25, 0.3) is 0 Å². The van der Waals surface area contributed by atoms with Gasteiger partial charge >= 0.3 is 34.4 Å². The molecular formula is C72H102O15P4. The zero-order valence-electron chi connectivity index (χ0n) is 56.0. The second-order valence-corrected chi connectivity index (χ2v) is 26.8. The molecule has 0 aliphatic rings. The largest absolute Gasteiger partial charge is 0.463 e. The molecule has 0 aromatic heterocycles. The van der Waals surface area contributed by atoms with Crippen LogP contribution >= 0.6 is 34.4 Å². The summed E-state index contributed by atoms with van der Waals surface area (Å²) in [7, 11) is -7.34. The molecule has 6 aromatic rings. The van der Waals surface area contributed by atoms with E-state index in [1.165, 1.54) is 0 Å². The average Bonchev–Trinajstić information content (AvgIpc) is 3.42. The van der Waals surface area contributed by atoms with E-state index in [2.05, 4.69) is 119 Å². The summed E-state index contributed by atoms with van der Waals surface area (Å²) in [5.41, 5.74) is 6.61. The fraction of sp³-hybridized carbons (Fsp3) is 0.500. The number of hydrogen-bond acceptors (Lipinski definition) is 15. The molecule has 6 rings (SSSR count). The van der Waals surface area contributed by atoms with E-state index < -0.39 is 34.4 Å². The first-order chi connectivity index (χ1) is 44.4. The maximum Gasteiger partial charge on any atom is 0.463 e. The van der Waals surface area contributed by atoms with Crippen molar-refractivity contribution in [2.45, 2.75) is 157 Å². The lowest BCUT2D eigenvalue weighted by Gasteiger charge is -2.23. The average molecular weight is 1330 g/mol. The van der Waals surface area contributed by atoms with Crippen LogP contribution in [0.15, 0.2) is 146 Å². The molecule has 0 N–H and O–H groups in total. The molecule has 0 amide bonds. The van der Waals surface area contributed by atoms with E-state index in [-0.39, 0.29) is 91.1 Å². The van der Waals surface area contributed by atoms with Crippen LogP contribution in [0, 0.1) is 0 Å². The highest BCUT2D eigenvalue weighted by molar-refractivity contribution is 7.43. The Morgan fingerprint density at radius 3 is 0.549 bits per heavy atom. The van der Waals surface area contributed by atoms with Crippen molar-refractivity contribution in [1.29, 1.82) is 0 Å². The highest BCUT2D eigenvalue weighted by atomic mass is 31.2. The molecule has 0 bridgehead atoms. The molecule has 19 heteroatoms. The molecule has 0 radical (unpaired) electrons. The van der Waals surface area contributed by atoms with Crippen LogP contribution in [0.5, 0.6) is 34.5 Å². The SMILES string of the molecule is CCC(C)c1ccccc1OP(OCCOCCOP(OCCOCCOP(Oc1ccccc1C(C)CC)Oc1ccccc1C(C)CC)Oc1ccccc1C(C)CC)OCCOCCOP(Oc1ccccc1C(C)CC)Oc1ccccc1C(C)CC. The fourth-order valence-corrected chi connectivity index (χ4v) is 13.2. The van der Waals surface area contributed by atoms with E-state index in [1.54, 1.807) is 0 Å². The molecule has 0 aliphatic heterocycles. The van der Waals surface area contributed by atoms with E-state index >= 15 is 0 Å². The Balaban J connectivity index is 0.994.